The first-order valence-electron chi connectivity index (χ1n) is 15.4. The largest absolute Gasteiger partial charge is 2.00 e. The van der Waals surface area contributed by atoms with Gasteiger partial charge in [0.05, 0.1) is 42.9 Å². The fourth-order valence-electron chi connectivity index (χ4n) is 6.22. The van der Waals surface area contributed by atoms with Gasteiger partial charge < -0.3 is 29.9 Å². The van der Waals surface area contributed by atoms with E-state index < -0.39 is 60.1 Å². The second-order valence-electron chi connectivity index (χ2n) is 12.2. The van der Waals surface area contributed by atoms with Crippen LogP contribution in [-0.2, 0) is 57.0 Å². The summed E-state index contributed by atoms with van der Waals surface area (Å²) in [5.74, 6) is -0.667. The third-order valence-electron chi connectivity index (χ3n) is 8.78. The molecule has 5 heterocycles. The number of hydrogen-bond donors (Lipinski definition) is 4. The molecule has 3 aromatic heterocycles. The van der Waals surface area contributed by atoms with Crippen LogP contribution < -0.4 is 9.97 Å². The normalized spacial score (nSPS) is 12.1. The van der Waals surface area contributed by atoms with E-state index in [9.17, 15) is 51.9 Å². The van der Waals surface area contributed by atoms with E-state index in [2.05, 4.69) is 39.9 Å². The van der Waals surface area contributed by atoms with Crippen LogP contribution in [0.2, 0.25) is 0 Å². The van der Waals surface area contributed by atoms with Crippen LogP contribution in [0.5, 0.6) is 0 Å². The van der Waals surface area contributed by atoms with E-state index in [0.29, 0.717) is 0 Å². The second kappa shape index (κ2) is 18.3. The summed E-state index contributed by atoms with van der Waals surface area (Å²) in [6.07, 6.45) is 0. The first-order valence-corrected chi connectivity index (χ1v) is 21.2. The molecule has 20 nitrogen and oxygen atoms in total. The van der Waals surface area contributed by atoms with Crippen molar-refractivity contribution in [3.05, 3.63) is 72.8 Å². The van der Waals surface area contributed by atoms with Gasteiger partial charge in [-0.1, -0.05) is 24.3 Å². The molecule has 0 spiro atoms. The minimum atomic E-state index is -4.77. The Morgan fingerprint density at radius 2 is 0.607 bits per heavy atom. The zero-order valence-corrected chi connectivity index (χ0v) is 43.8. The SMILES string of the molecule is O=S(=O)(O)c1ccc2c(c1)-c1nc-2nc2[n-]c(nc3nc(nc4[n-]c(n1)c1ccc(S(=O)(=O)O)cc41)-c1ccc(S(=O)(=O)O)cc1-3)c1cc(S(=O)(=O)O)ccc21.[Na].[Na].[Na].[Na].[Ni+2]. The van der Waals surface area contributed by atoms with Crippen LogP contribution in [0.15, 0.2) is 92.4 Å². The van der Waals surface area contributed by atoms with Crippen molar-refractivity contribution in [2.24, 2.45) is 0 Å². The third-order valence-corrected chi connectivity index (χ3v) is 12.2. The molecule has 9 rings (SSSR count). The molecule has 0 aliphatic carbocycles. The molecule has 29 heteroatoms. The summed E-state index contributed by atoms with van der Waals surface area (Å²) in [7, 11) is -19.0. The van der Waals surface area contributed by atoms with E-state index in [-0.39, 0.29) is 224 Å². The molecule has 0 saturated carbocycles. The molecule has 2 aliphatic rings. The zero-order chi connectivity index (χ0) is 39.7. The van der Waals surface area contributed by atoms with Gasteiger partial charge >= 0.3 is 16.5 Å². The van der Waals surface area contributed by atoms with Crippen LogP contribution in [0.3, 0.4) is 0 Å². The second-order valence-corrected chi connectivity index (χ2v) is 17.9. The Hall–Kier alpha value is -1.63. The van der Waals surface area contributed by atoms with Gasteiger partial charge in [-0.2, -0.15) is 33.7 Å². The van der Waals surface area contributed by atoms with E-state index in [1.165, 1.54) is 24.3 Å². The van der Waals surface area contributed by atoms with Gasteiger partial charge in [0.2, 0.25) is 0 Å². The first-order chi connectivity index (χ1) is 26.2. The molecule has 0 unspecified atom stereocenters. The molecular weight excluding hydrogens is 967 g/mol. The molecule has 0 saturated heterocycles. The van der Waals surface area contributed by atoms with Crippen molar-refractivity contribution in [1.82, 2.24) is 39.9 Å². The zero-order valence-electron chi connectivity index (χ0n) is 31.5. The fraction of sp³-hybridized carbons (Fsp3) is 0. The monoisotopic (exact) mass is 982 g/mol. The van der Waals surface area contributed by atoms with Crippen molar-refractivity contribution < 1.29 is 68.4 Å². The van der Waals surface area contributed by atoms with E-state index >= 15 is 0 Å². The standard InChI is InChI=1S/C32H16N8O12S4.4Na.Ni/c41-53(42,43)13-1-5-17-21(9-13)29-34-25(17)33-26-18-6-2-15(55(47,48)49)11-23(18)31(35-26)40-32-24-12-16(56(50,51)52)4-8-20(24)28(39-32)38-30-22-10-14(54(44,45)46)3-7-19(22)27(36-29)37-30;;;;;/h1-12H,(H4-2,33,34,35,36,37,38,39,40,41,42,43,44,45,46,47,48,49,50,51,52);;;;;/q-2;;;;;+2. The van der Waals surface area contributed by atoms with Gasteiger partial charge in [0, 0.05) is 163 Å². The molecule has 2 aliphatic heterocycles. The molecule has 4 aromatic carbocycles. The summed E-state index contributed by atoms with van der Waals surface area (Å²) in [5.41, 5.74) is -0.259. The molecule has 0 amide bonds. The Morgan fingerprint density at radius 1 is 0.344 bits per heavy atom. The van der Waals surface area contributed by atoms with Gasteiger partial charge in [0.15, 0.2) is 0 Å². The molecule has 4 N–H and O–H groups in total. The average molecular weight is 983 g/mol. The molecule has 7 aromatic rings. The summed E-state index contributed by atoms with van der Waals surface area (Å²) in [4.78, 5) is 34.0. The van der Waals surface area contributed by atoms with Crippen molar-refractivity contribution in [1.29, 1.82) is 0 Å². The van der Waals surface area contributed by atoms with Crippen LogP contribution in [0.4, 0.5) is 0 Å². The number of rotatable bonds is 4. The Kier molecular flexibility index (Phi) is 15.6. The van der Waals surface area contributed by atoms with Gasteiger partial charge in [-0.05, 0) is 70.1 Å². The topological polar surface area (TPSA) is 323 Å². The van der Waals surface area contributed by atoms with E-state index in [1.54, 1.807) is 0 Å². The molecule has 294 valence electrons. The smallest absolute Gasteiger partial charge is 0.357 e. The van der Waals surface area contributed by atoms with E-state index in [0.717, 1.165) is 48.5 Å². The quantitative estimate of drug-likeness (QED) is 0.144. The average Bonchev–Trinajstić information content (AvgIpc) is 3.84. The van der Waals surface area contributed by atoms with Gasteiger partial charge in [0.1, 0.15) is 0 Å². The van der Waals surface area contributed by atoms with Gasteiger partial charge in [-0.25, -0.2) is 9.97 Å². The Morgan fingerprint density at radius 3 is 0.918 bits per heavy atom. The number of benzene rings is 4. The van der Waals surface area contributed by atoms with Crippen LogP contribution in [-0.4, -0.2) is 200 Å². The molecule has 8 bridgehead atoms. The number of fused-ring (bicyclic) bond motifs is 20. The van der Waals surface area contributed by atoms with E-state index in [1.807, 2.05) is 0 Å². The number of aromatic nitrogens is 8. The molecule has 0 atom stereocenters. The van der Waals surface area contributed by atoms with Crippen molar-refractivity contribution in [3.8, 4) is 45.6 Å². The summed E-state index contributed by atoms with van der Waals surface area (Å²) < 4.78 is 137. The van der Waals surface area contributed by atoms with Gasteiger partial charge in [0.25, 0.3) is 40.5 Å². The molecule has 4 radical (unpaired) electrons. The van der Waals surface area contributed by atoms with Crippen LogP contribution >= 0.6 is 0 Å². The van der Waals surface area contributed by atoms with Gasteiger partial charge in [-0.3, -0.25) is 18.2 Å². The number of nitrogens with zero attached hydrogens (tertiary/aromatic N) is 8. The van der Waals surface area contributed by atoms with E-state index in [4.69, 9.17) is 0 Å². The molecule has 61 heavy (non-hydrogen) atoms. The maximum atomic E-state index is 12.2. The van der Waals surface area contributed by atoms with Crippen molar-refractivity contribution in [2.45, 2.75) is 19.6 Å². The minimum Gasteiger partial charge on any atom is -0.357 e. The predicted octanol–water partition coefficient (Wildman–Crippen LogP) is 1.59. The molecular formula is C32H16N8Na4NiO12S4. The maximum Gasteiger partial charge on any atom is 2.00 e. The predicted molar refractivity (Wildman–Crippen MR) is 216 cm³/mol. The third kappa shape index (κ3) is 9.69. The van der Waals surface area contributed by atoms with Crippen molar-refractivity contribution in [2.75, 3.05) is 0 Å². The Balaban J connectivity index is 0.00000164. The Labute approximate surface area is 442 Å². The van der Waals surface area contributed by atoms with Crippen molar-refractivity contribution in [3.63, 3.8) is 0 Å². The summed E-state index contributed by atoms with van der Waals surface area (Å²) in [6.45, 7) is 0. The Bertz CT molecular complexity index is 3640. The fourth-order valence-corrected chi connectivity index (χ4v) is 8.25. The minimum absolute atomic E-state index is 0. The maximum absolute atomic E-state index is 12.2. The summed E-state index contributed by atoms with van der Waals surface area (Å²) in [6, 6.07) is 13.7. The van der Waals surface area contributed by atoms with Crippen LogP contribution in [0.25, 0.3) is 89.7 Å². The van der Waals surface area contributed by atoms with Crippen LogP contribution in [0.1, 0.15) is 0 Å². The van der Waals surface area contributed by atoms with Crippen LogP contribution in [0, 0.1) is 0 Å². The summed E-state index contributed by atoms with van der Waals surface area (Å²) in [5, 5.41) is 0.408. The molecule has 0 fully saturated rings. The number of hydrogen-bond acceptors (Lipinski definition) is 14. The van der Waals surface area contributed by atoms with Gasteiger partial charge in [-0.15, -0.1) is 0 Å². The summed E-state index contributed by atoms with van der Waals surface area (Å²) >= 11 is 0. The first kappa shape index (κ1) is 52.0. The van der Waals surface area contributed by atoms with Crippen molar-refractivity contribution >= 4 is 203 Å².